The molecule has 0 bridgehead atoms. The van der Waals surface area contributed by atoms with E-state index in [1.807, 2.05) is 32.9 Å². The van der Waals surface area contributed by atoms with Crippen LogP contribution in [0.4, 0.5) is 4.79 Å². The number of amides is 4. The van der Waals surface area contributed by atoms with Crippen molar-refractivity contribution in [1.29, 1.82) is 0 Å². The van der Waals surface area contributed by atoms with E-state index in [1.54, 1.807) is 15.9 Å². The summed E-state index contributed by atoms with van der Waals surface area (Å²) in [6.07, 6.45) is 3.89. The summed E-state index contributed by atoms with van der Waals surface area (Å²) in [5.74, 6) is -0.870. The normalized spacial score (nSPS) is 21.4. The van der Waals surface area contributed by atoms with Gasteiger partial charge in [0.1, 0.15) is 11.6 Å². The topological polar surface area (TPSA) is 96.0 Å². The predicted octanol–water partition coefficient (Wildman–Crippen LogP) is 2.86. The van der Waals surface area contributed by atoms with Crippen molar-refractivity contribution < 1.29 is 23.9 Å². The maximum absolute atomic E-state index is 13.0. The van der Waals surface area contributed by atoms with Crippen LogP contribution in [-0.2, 0) is 20.9 Å². The van der Waals surface area contributed by atoms with E-state index >= 15 is 0 Å². The Bertz CT molecular complexity index is 997. The van der Waals surface area contributed by atoms with Crippen molar-refractivity contribution >= 4 is 29.9 Å². The number of carbonyl (C=O) groups is 4. The van der Waals surface area contributed by atoms with Crippen LogP contribution < -0.4 is 5.32 Å². The molecule has 32 heavy (non-hydrogen) atoms. The van der Waals surface area contributed by atoms with Crippen LogP contribution in [0.2, 0.25) is 0 Å². The summed E-state index contributed by atoms with van der Waals surface area (Å²) in [6, 6.07) is 5.00. The van der Waals surface area contributed by atoms with Gasteiger partial charge in [0, 0.05) is 31.6 Å². The van der Waals surface area contributed by atoms with Crippen molar-refractivity contribution in [3.05, 3.63) is 40.5 Å². The summed E-state index contributed by atoms with van der Waals surface area (Å²) in [6.45, 7) is 7.11. The lowest BCUT2D eigenvalue weighted by molar-refractivity contribution is -0.136. The van der Waals surface area contributed by atoms with Crippen LogP contribution in [0.1, 0.15) is 67.9 Å². The maximum Gasteiger partial charge on any atom is 0.410 e. The number of hydrogen-bond acceptors (Lipinski definition) is 5. The van der Waals surface area contributed by atoms with Gasteiger partial charge in [-0.05, 0) is 57.2 Å². The van der Waals surface area contributed by atoms with E-state index in [0.717, 1.165) is 24.0 Å². The zero-order chi connectivity index (χ0) is 23.0. The van der Waals surface area contributed by atoms with Gasteiger partial charge in [-0.3, -0.25) is 19.7 Å². The van der Waals surface area contributed by atoms with Crippen LogP contribution in [0.3, 0.4) is 0 Å². The van der Waals surface area contributed by atoms with E-state index in [4.69, 9.17) is 4.74 Å². The monoisotopic (exact) mass is 439 g/mol. The zero-order valence-corrected chi connectivity index (χ0v) is 18.8. The third-order valence-electron chi connectivity index (χ3n) is 6.04. The minimum Gasteiger partial charge on any atom is -0.444 e. The molecule has 0 radical (unpaired) electrons. The van der Waals surface area contributed by atoms with Crippen LogP contribution >= 0.6 is 0 Å². The molecule has 8 heteroatoms. The molecule has 0 spiro atoms. The Labute approximate surface area is 187 Å². The van der Waals surface area contributed by atoms with Gasteiger partial charge in [-0.2, -0.15) is 0 Å². The Hall–Kier alpha value is -3.16. The van der Waals surface area contributed by atoms with E-state index in [9.17, 15) is 19.2 Å². The summed E-state index contributed by atoms with van der Waals surface area (Å²) < 4.78 is 5.46. The molecule has 170 valence electrons. The van der Waals surface area contributed by atoms with Gasteiger partial charge in [0.15, 0.2) is 0 Å². The number of imide groups is 1. The molecule has 2 fully saturated rings. The van der Waals surface area contributed by atoms with Crippen LogP contribution in [0, 0.1) is 0 Å². The standard InChI is InChI=1S/C24H29N3O5/c1-24(2,3)32-23(31)26-11-9-15(10-12-26)13-16-5-4-6-17-18(16)14-27(22(17)30)19-7-8-20(28)25-21(19)29/h4-6,13,19H,7-12,14H2,1-3H3,(H,25,28,29). The third-order valence-corrected chi connectivity index (χ3v) is 6.04. The number of hydrogen-bond donors (Lipinski definition) is 1. The fourth-order valence-electron chi connectivity index (χ4n) is 4.41. The molecule has 3 aliphatic rings. The number of nitrogens with one attached hydrogen (secondary N) is 1. The molecule has 8 nitrogen and oxygen atoms in total. The second-order valence-corrected chi connectivity index (χ2v) is 9.54. The number of rotatable bonds is 2. The maximum atomic E-state index is 13.0. The number of nitrogens with zero attached hydrogens (tertiary/aromatic N) is 2. The van der Waals surface area contributed by atoms with Crippen LogP contribution in [0.25, 0.3) is 6.08 Å². The highest BCUT2D eigenvalue weighted by Gasteiger charge is 2.39. The van der Waals surface area contributed by atoms with Gasteiger partial charge in [-0.25, -0.2) is 4.79 Å². The highest BCUT2D eigenvalue weighted by molar-refractivity contribution is 6.05. The van der Waals surface area contributed by atoms with Crippen molar-refractivity contribution in [2.24, 2.45) is 0 Å². The van der Waals surface area contributed by atoms with E-state index < -0.39 is 17.6 Å². The average molecular weight is 440 g/mol. The van der Waals surface area contributed by atoms with E-state index in [-0.39, 0.29) is 24.3 Å². The Balaban J connectivity index is 1.46. The van der Waals surface area contributed by atoms with Crippen LogP contribution in [0.5, 0.6) is 0 Å². The third kappa shape index (κ3) is 4.54. The molecule has 3 heterocycles. The largest absolute Gasteiger partial charge is 0.444 e. The summed E-state index contributed by atoms with van der Waals surface area (Å²) >= 11 is 0. The molecule has 1 atom stereocenters. The number of fused-ring (bicyclic) bond motifs is 1. The molecule has 3 aliphatic heterocycles. The number of likely N-dealkylation sites (tertiary alicyclic amines) is 1. The van der Waals surface area contributed by atoms with Gasteiger partial charge in [0.25, 0.3) is 5.91 Å². The summed E-state index contributed by atoms with van der Waals surface area (Å²) in [5, 5.41) is 2.34. The zero-order valence-electron chi connectivity index (χ0n) is 18.8. The molecule has 0 aromatic heterocycles. The number of benzene rings is 1. The summed E-state index contributed by atoms with van der Waals surface area (Å²) in [7, 11) is 0. The summed E-state index contributed by atoms with van der Waals surface area (Å²) in [5.41, 5.74) is 3.18. The Morgan fingerprint density at radius 2 is 1.84 bits per heavy atom. The van der Waals surface area contributed by atoms with Gasteiger partial charge in [-0.1, -0.05) is 23.8 Å². The summed E-state index contributed by atoms with van der Waals surface area (Å²) in [4.78, 5) is 52.3. The molecule has 1 N–H and O–H groups in total. The number of piperidine rings is 2. The second kappa shape index (κ2) is 8.41. The molecule has 1 aromatic rings. The second-order valence-electron chi connectivity index (χ2n) is 9.54. The fourth-order valence-corrected chi connectivity index (χ4v) is 4.41. The van der Waals surface area contributed by atoms with Gasteiger partial charge in [0.05, 0.1) is 0 Å². The molecular weight excluding hydrogens is 410 g/mol. The lowest BCUT2D eigenvalue weighted by Crippen LogP contribution is -2.52. The highest BCUT2D eigenvalue weighted by Crippen LogP contribution is 2.32. The van der Waals surface area contributed by atoms with Crippen molar-refractivity contribution in [1.82, 2.24) is 15.1 Å². The molecule has 1 unspecified atom stereocenters. The molecule has 4 rings (SSSR count). The Kier molecular flexibility index (Phi) is 5.79. The van der Waals surface area contributed by atoms with Crippen molar-refractivity contribution in [3.8, 4) is 0 Å². The molecule has 0 aliphatic carbocycles. The smallest absolute Gasteiger partial charge is 0.410 e. The molecule has 1 aromatic carbocycles. The average Bonchev–Trinajstić information content (AvgIpc) is 3.05. The quantitative estimate of drug-likeness (QED) is 0.715. The van der Waals surface area contributed by atoms with Gasteiger partial charge in [-0.15, -0.1) is 0 Å². The van der Waals surface area contributed by atoms with E-state index in [1.165, 1.54) is 5.57 Å². The lowest BCUT2D eigenvalue weighted by atomic mass is 9.97. The van der Waals surface area contributed by atoms with Gasteiger partial charge < -0.3 is 14.5 Å². The van der Waals surface area contributed by atoms with Crippen LogP contribution in [-0.4, -0.2) is 58.3 Å². The van der Waals surface area contributed by atoms with E-state index in [0.29, 0.717) is 31.6 Å². The lowest BCUT2D eigenvalue weighted by Gasteiger charge is -2.31. The van der Waals surface area contributed by atoms with Crippen molar-refractivity contribution in [2.45, 2.75) is 64.6 Å². The first-order valence-corrected chi connectivity index (χ1v) is 11.1. The molecule has 2 saturated heterocycles. The SMILES string of the molecule is CC(C)(C)OC(=O)N1CCC(=Cc2cccc3c2CN(C2CCC(=O)NC2=O)C3=O)CC1. The predicted molar refractivity (Wildman–Crippen MR) is 118 cm³/mol. The molecule has 4 amide bonds. The van der Waals surface area contributed by atoms with Crippen molar-refractivity contribution in [3.63, 3.8) is 0 Å². The number of carbonyl (C=O) groups excluding carboxylic acids is 4. The first-order valence-electron chi connectivity index (χ1n) is 11.1. The van der Waals surface area contributed by atoms with Gasteiger partial charge >= 0.3 is 6.09 Å². The highest BCUT2D eigenvalue weighted by atomic mass is 16.6. The minimum atomic E-state index is -0.620. The Morgan fingerprint density at radius 1 is 1.12 bits per heavy atom. The van der Waals surface area contributed by atoms with E-state index in [2.05, 4.69) is 11.4 Å². The van der Waals surface area contributed by atoms with Crippen LogP contribution in [0.15, 0.2) is 23.8 Å². The first-order chi connectivity index (χ1) is 15.1. The molecular formula is C24H29N3O5. The minimum absolute atomic E-state index is 0.172. The fraction of sp³-hybridized carbons (Fsp3) is 0.500. The number of ether oxygens (including phenoxy) is 1. The van der Waals surface area contributed by atoms with Crippen molar-refractivity contribution in [2.75, 3.05) is 13.1 Å². The molecule has 0 saturated carbocycles. The van der Waals surface area contributed by atoms with Gasteiger partial charge in [0.2, 0.25) is 11.8 Å². The Morgan fingerprint density at radius 3 is 2.50 bits per heavy atom. The first kappa shape index (κ1) is 22.0.